The van der Waals surface area contributed by atoms with Crippen molar-refractivity contribution in [2.45, 2.75) is 6.92 Å². The minimum Gasteiger partial charge on any atom is -0.455 e. The Kier molecular flexibility index (Phi) is 3.80. The van der Waals surface area contributed by atoms with Gasteiger partial charge >= 0.3 is 0 Å². The van der Waals surface area contributed by atoms with Crippen molar-refractivity contribution in [3.63, 3.8) is 0 Å². The Hall–Kier alpha value is -4.30. The molecule has 7 rings (SSSR count). The van der Waals surface area contributed by atoms with E-state index in [1.54, 1.807) is 0 Å². The highest BCUT2D eigenvalue weighted by Gasteiger charge is 2.15. The molecule has 0 amide bonds. The molecule has 0 N–H and O–H groups in total. The number of hydrogen-bond acceptors (Lipinski definition) is 2. The summed E-state index contributed by atoms with van der Waals surface area (Å²) in [7, 11) is 0. The molecule has 0 atom stereocenters. The van der Waals surface area contributed by atoms with Crippen LogP contribution in [0.4, 0.5) is 0 Å². The second kappa shape index (κ2) is 6.85. The van der Waals surface area contributed by atoms with Crippen LogP contribution in [0.1, 0.15) is 5.56 Å². The van der Waals surface area contributed by atoms with E-state index in [0.717, 1.165) is 66.1 Å². The van der Waals surface area contributed by atoms with Gasteiger partial charge in [0.15, 0.2) is 0 Å². The summed E-state index contributed by atoms with van der Waals surface area (Å²) in [4.78, 5) is 0. The fraction of sp³-hybridized carbons (Fsp3) is 0.0323. The van der Waals surface area contributed by atoms with Crippen LogP contribution in [0.3, 0.4) is 0 Å². The first kappa shape index (κ1) is 18.3. The smallest absolute Gasteiger partial charge is 0.143 e. The lowest BCUT2D eigenvalue weighted by molar-refractivity contribution is 0.670. The summed E-state index contributed by atoms with van der Waals surface area (Å²) in [5, 5.41) is 4.60. The van der Waals surface area contributed by atoms with Gasteiger partial charge in [-0.05, 0) is 53.9 Å². The number of hydrogen-bond donors (Lipinski definition) is 0. The molecule has 0 aliphatic heterocycles. The van der Waals surface area contributed by atoms with E-state index >= 15 is 0 Å². The molecule has 0 aliphatic rings. The van der Waals surface area contributed by atoms with Crippen molar-refractivity contribution in [3.05, 3.63) is 109 Å². The van der Waals surface area contributed by atoms with E-state index in [4.69, 9.17) is 8.83 Å². The summed E-state index contributed by atoms with van der Waals surface area (Å²) in [5.41, 5.74) is 9.38. The van der Waals surface area contributed by atoms with Crippen molar-refractivity contribution in [1.82, 2.24) is 0 Å². The average Bonchev–Trinajstić information content (AvgIpc) is 3.42. The van der Waals surface area contributed by atoms with Crippen LogP contribution in [-0.4, -0.2) is 0 Å². The SMILES string of the molecule is Cc1cc(-c2cccc(-c3cccc4c3oc3ccccc34)c2)c2oc3ccccc3c2c1. The largest absolute Gasteiger partial charge is 0.455 e. The first-order valence-electron chi connectivity index (χ1n) is 11.2. The summed E-state index contributed by atoms with van der Waals surface area (Å²) in [6.45, 7) is 2.14. The molecule has 2 heterocycles. The van der Waals surface area contributed by atoms with Gasteiger partial charge in [0.2, 0.25) is 0 Å². The fourth-order valence-electron chi connectivity index (χ4n) is 5.01. The Morgan fingerprint density at radius 2 is 1.03 bits per heavy atom. The Bertz CT molecular complexity index is 1830. The van der Waals surface area contributed by atoms with Crippen LogP contribution in [0.15, 0.2) is 112 Å². The van der Waals surface area contributed by atoms with Crippen LogP contribution in [0.2, 0.25) is 0 Å². The Labute approximate surface area is 190 Å². The van der Waals surface area contributed by atoms with Gasteiger partial charge in [-0.15, -0.1) is 0 Å². The minimum absolute atomic E-state index is 0.916. The summed E-state index contributed by atoms with van der Waals surface area (Å²) >= 11 is 0. The first-order valence-corrected chi connectivity index (χ1v) is 11.2. The van der Waals surface area contributed by atoms with Gasteiger partial charge in [-0.25, -0.2) is 0 Å². The molecule has 2 aromatic heterocycles. The maximum atomic E-state index is 6.33. The molecule has 0 bridgehead atoms. The van der Waals surface area contributed by atoms with Gasteiger partial charge < -0.3 is 8.83 Å². The maximum Gasteiger partial charge on any atom is 0.143 e. The highest BCUT2D eigenvalue weighted by atomic mass is 16.3. The van der Waals surface area contributed by atoms with E-state index in [-0.39, 0.29) is 0 Å². The lowest BCUT2D eigenvalue weighted by atomic mass is 9.95. The van der Waals surface area contributed by atoms with Gasteiger partial charge in [0, 0.05) is 32.7 Å². The van der Waals surface area contributed by atoms with Crippen LogP contribution in [0.25, 0.3) is 66.1 Å². The summed E-state index contributed by atoms with van der Waals surface area (Å²) in [6, 6.07) is 35.9. The Morgan fingerprint density at radius 3 is 1.79 bits per heavy atom. The first-order chi connectivity index (χ1) is 16.3. The van der Waals surface area contributed by atoms with Crippen LogP contribution >= 0.6 is 0 Å². The normalized spacial score (nSPS) is 11.8. The topological polar surface area (TPSA) is 26.3 Å². The number of para-hydroxylation sites is 3. The van der Waals surface area contributed by atoms with E-state index in [1.807, 2.05) is 24.3 Å². The third-order valence-electron chi connectivity index (χ3n) is 6.51. The molecule has 0 saturated carbocycles. The molecule has 33 heavy (non-hydrogen) atoms. The molecular weight excluding hydrogens is 404 g/mol. The molecule has 2 heteroatoms. The summed E-state index contributed by atoms with van der Waals surface area (Å²) in [5.74, 6) is 0. The predicted molar refractivity (Wildman–Crippen MR) is 137 cm³/mol. The standard InChI is InChI=1S/C31H20O2/c1-19-16-26(31-27(17-19)24-11-3-5-15-29(24)33-31)21-9-6-8-20(18-21)22-12-7-13-25-23-10-2-4-14-28(23)32-30(22)25/h2-18H,1H3. The van der Waals surface area contributed by atoms with E-state index in [9.17, 15) is 0 Å². The molecule has 2 nitrogen and oxygen atoms in total. The molecule has 0 spiro atoms. The van der Waals surface area contributed by atoms with Crippen molar-refractivity contribution in [3.8, 4) is 22.3 Å². The van der Waals surface area contributed by atoms with Crippen LogP contribution in [-0.2, 0) is 0 Å². The van der Waals surface area contributed by atoms with Crippen molar-refractivity contribution in [2.75, 3.05) is 0 Å². The number of rotatable bonds is 2. The zero-order valence-corrected chi connectivity index (χ0v) is 18.1. The highest BCUT2D eigenvalue weighted by molar-refractivity contribution is 6.11. The van der Waals surface area contributed by atoms with Gasteiger partial charge in [-0.3, -0.25) is 0 Å². The third kappa shape index (κ3) is 2.74. The maximum absolute atomic E-state index is 6.33. The second-order valence-corrected chi connectivity index (χ2v) is 8.65. The molecule has 5 aromatic carbocycles. The molecule has 0 unspecified atom stereocenters. The molecular formula is C31H20O2. The Balaban J connectivity index is 1.47. The van der Waals surface area contributed by atoms with Gasteiger partial charge in [0.25, 0.3) is 0 Å². The van der Waals surface area contributed by atoms with Crippen molar-refractivity contribution >= 4 is 43.9 Å². The average molecular weight is 424 g/mol. The predicted octanol–water partition coefficient (Wildman–Crippen LogP) is 9.13. The molecule has 7 aromatic rings. The minimum atomic E-state index is 0.916. The monoisotopic (exact) mass is 424 g/mol. The van der Waals surface area contributed by atoms with Crippen LogP contribution < -0.4 is 0 Å². The lowest BCUT2D eigenvalue weighted by Crippen LogP contribution is -1.84. The lowest BCUT2D eigenvalue weighted by Gasteiger charge is -2.08. The zero-order chi connectivity index (χ0) is 21.9. The highest BCUT2D eigenvalue weighted by Crippen LogP contribution is 2.40. The van der Waals surface area contributed by atoms with Crippen molar-refractivity contribution in [1.29, 1.82) is 0 Å². The number of furan rings is 2. The fourth-order valence-corrected chi connectivity index (χ4v) is 5.01. The molecule has 0 radical (unpaired) electrons. The van der Waals surface area contributed by atoms with E-state index < -0.39 is 0 Å². The third-order valence-corrected chi connectivity index (χ3v) is 6.51. The number of benzene rings is 5. The molecule has 0 saturated heterocycles. The summed E-state index contributed by atoms with van der Waals surface area (Å²) < 4.78 is 12.6. The molecule has 0 aliphatic carbocycles. The van der Waals surface area contributed by atoms with E-state index in [2.05, 4.69) is 85.8 Å². The molecule has 156 valence electrons. The molecule has 0 fully saturated rings. The second-order valence-electron chi connectivity index (χ2n) is 8.65. The van der Waals surface area contributed by atoms with Gasteiger partial charge in [0.1, 0.15) is 22.3 Å². The summed E-state index contributed by atoms with van der Waals surface area (Å²) in [6.07, 6.45) is 0. The number of aryl methyl sites for hydroxylation is 1. The van der Waals surface area contributed by atoms with Crippen molar-refractivity contribution in [2.24, 2.45) is 0 Å². The van der Waals surface area contributed by atoms with E-state index in [0.29, 0.717) is 0 Å². The van der Waals surface area contributed by atoms with Gasteiger partial charge in [-0.2, -0.15) is 0 Å². The van der Waals surface area contributed by atoms with Crippen LogP contribution in [0.5, 0.6) is 0 Å². The van der Waals surface area contributed by atoms with Gasteiger partial charge in [-0.1, -0.05) is 72.8 Å². The van der Waals surface area contributed by atoms with Crippen molar-refractivity contribution < 1.29 is 8.83 Å². The number of fused-ring (bicyclic) bond motifs is 6. The van der Waals surface area contributed by atoms with E-state index in [1.165, 1.54) is 5.56 Å². The zero-order valence-electron chi connectivity index (χ0n) is 18.1. The Morgan fingerprint density at radius 1 is 0.455 bits per heavy atom. The quantitative estimate of drug-likeness (QED) is 0.276. The van der Waals surface area contributed by atoms with Gasteiger partial charge in [0.05, 0.1) is 0 Å². The van der Waals surface area contributed by atoms with Crippen LogP contribution in [0, 0.1) is 6.92 Å².